The molecule has 1 heterocycles. The maximum absolute atomic E-state index is 5.87. The zero-order valence-corrected chi connectivity index (χ0v) is 8.25. The maximum Gasteiger partial charge on any atom is 0.230 e. The van der Waals surface area contributed by atoms with Crippen LogP contribution in [-0.2, 0) is 9.47 Å². The van der Waals surface area contributed by atoms with Crippen molar-refractivity contribution < 1.29 is 9.47 Å². The highest BCUT2D eigenvalue weighted by atomic mass is 16.7. The molecule has 1 unspecified atom stereocenters. The summed E-state index contributed by atoms with van der Waals surface area (Å²) in [4.78, 5) is 0. The van der Waals surface area contributed by atoms with Crippen molar-refractivity contribution in [2.24, 2.45) is 11.8 Å². The molecule has 0 aliphatic carbocycles. The predicted octanol–water partition coefficient (Wildman–Crippen LogP) is 1.74. The first-order valence-corrected chi connectivity index (χ1v) is 4.62. The Balaban J connectivity index is 2.44. The van der Waals surface area contributed by atoms with Crippen molar-refractivity contribution in [3.63, 3.8) is 0 Å². The molecule has 1 aliphatic heterocycles. The van der Waals surface area contributed by atoms with Crippen LogP contribution in [0, 0.1) is 31.1 Å². The first-order chi connectivity index (χ1) is 6.11. The Morgan fingerprint density at radius 2 is 2.08 bits per heavy atom. The number of terminal acetylenes is 1. The van der Waals surface area contributed by atoms with Crippen LogP contribution >= 0.6 is 0 Å². The average Bonchev–Trinajstić information content (AvgIpc) is 2.18. The summed E-state index contributed by atoms with van der Waals surface area (Å²) in [6.45, 7) is 10.9. The molecule has 0 amide bonds. The summed E-state index contributed by atoms with van der Waals surface area (Å²) in [7, 11) is 0. The van der Waals surface area contributed by atoms with Crippen LogP contribution in [0.4, 0.5) is 0 Å². The molecule has 0 saturated carbocycles. The summed E-state index contributed by atoms with van der Waals surface area (Å²) >= 11 is 0. The summed E-state index contributed by atoms with van der Waals surface area (Å²) < 4.78 is 10.8. The van der Waals surface area contributed by atoms with Crippen molar-refractivity contribution in [3.05, 3.63) is 6.92 Å². The predicted molar refractivity (Wildman–Crippen MR) is 50.7 cm³/mol. The van der Waals surface area contributed by atoms with Gasteiger partial charge in [0, 0.05) is 12.8 Å². The molecule has 1 rings (SSSR count). The van der Waals surface area contributed by atoms with Gasteiger partial charge in [-0.05, 0) is 18.8 Å². The third-order valence-corrected chi connectivity index (χ3v) is 2.48. The van der Waals surface area contributed by atoms with E-state index in [0.717, 1.165) is 6.42 Å². The fourth-order valence-corrected chi connectivity index (χ4v) is 1.29. The molecule has 0 aromatic carbocycles. The van der Waals surface area contributed by atoms with Crippen LogP contribution in [0.5, 0.6) is 0 Å². The van der Waals surface area contributed by atoms with E-state index in [9.17, 15) is 0 Å². The highest BCUT2D eigenvalue weighted by molar-refractivity contribution is 5.01. The Kier molecular flexibility index (Phi) is 3.35. The van der Waals surface area contributed by atoms with Gasteiger partial charge in [-0.2, -0.15) is 0 Å². The summed E-state index contributed by atoms with van der Waals surface area (Å²) in [5.41, 5.74) is 0. The monoisotopic (exact) mass is 180 g/mol. The lowest BCUT2D eigenvalue weighted by atomic mass is 9.92. The standard InChI is InChI=1S/C11H16O2/c1-5-9(3)10-7-12-11(4,6-2)13-8-10/h2-3,9-10H,5,7-8H2,1,4H3. The van der Waals surface area contributed by atoms with Gasteiger partial charge < -0.3 is 9.47 Å². The minimum atomic E-state index is -0.843. The molecular weight excluding hydrogens is 164 g/mol. The first kappa shape index (κ1) is 10.6. The number of hydrogen-bond donors (Lipinski definition) is 0. The van der Waals surface area contributed by atoms with Crippen LogP contribution in [0.15, 0.2) is 0 Å². The molecule has 0 N–H and O–H groups in total. The van der Waals surface area contributed by atoms with Crippen molar-refractivity contribution in [3.8, 4) is 12.3 Å². The average molecular weight is 180 g/mol. The van der Waals surface area contributed by atoms with Gasteiger partial charge in [0.1, 0.15) is 0 Å². The Bertz CT molecular complexity index is 197. The Morgan fingerprint density at radius 1 is 1.54 bits per heavy atom. The van der Waals surface area contributed by atoms with E-state index in [1.807, 2.05) is 0 Å². The van der Waals surface area contributed by atoms with Crippen LogP contribution in [0.25, 0.3) is 0 Å². The van der Waals surface area contributed by atoms with Crippen molar-refractivity contribution in [2.75, 3.05) is 13.2 Å². The highest BCUT2D eigenvalue weighted by Crippen LogP contribution is 2.26. The van der Waals surface area contributed by atoms with Gasteiger partial charge in [-0.3, -0.25) is 0 Å². The summed E-state index contributed by atoms with van der Waals surface area (Å²) in [5, 5.41) is 0. The smallest absolute Gasteiger partial charge is 0.230 e. The van der Waals surface area contributed by atoms with Gasteiger partial charge in [-0.25, -0.2) is 0 Å². The van der Waals surface area contributed by atoms with E-state index in [4.69, 9.17) is 22.8 Å². The molecule has 0 spiro atoms. The molecule has 2 radical (unpaired) electrons. The van der Waals surface area contributed by atoms with E-state index < -0.39 is 5.79 Å². The Morgan fingerprint density at radius 3 is 2.46 bits per heavy atom. The van der Waals surface area contributed by atoms with Gasteiger partial charge in [0.25, 0.3) is 0 Å². The molecule has 2 heteroatoms. The van der Waals surface area contributed by atoms with Crippen molar-refractivity contribution in [2.45, 2.75) is 26.1 Å². The van der Waals surface area contributed by atoms with Gasteiger partial charge in [0.2, 0.25) is 5.79 Å². The van der Waals surface area contributed by atoms with Gasteiger partial charge in [-0.15, -0.1) is 6.42 Å². The van der Waals surface area contributed by atoms with Crippen molar-refractivity contribution in [1.82, 2.24) is 0 Å². The summed E-state index contributed by atoms with van der Waals surface area (Å²) in [5.74, 6) is 2.04. The minimum Gasteiger partial charge on any atom is -0.340 e. The molecule has 1 aliphatic rings. The number of hydrogen-bond acceptors (Lipinski definition) is 2. The van der Waals surface area contributed by atoms with Gasteiger partial charge >= 0.3 is 0 Å². The molecule has 0 aromatic rings. The van der Waals surface area contributed by atoms with Crippen LogP contribution < -0.4 is 0 Å². The second-order valence-corrected chi connectivity index (χ2v) is 3.54. The van der Waals surface area contributed by atoms with Gasteiger partial charge in [0.15, 0.2) is 0 Å². The third kappa shape index (κ3) is 2.46. The molecular formula is C11H16O2. The van der Waals surface area contributed by atoms with Crippen LogP contribution in [-0.4, -0.2) is 19.0 Å². The normalized spacial score (nSPS) is 36.6. The second-order valence-electron chi connectivity index (χ2n) is 3.54. The van der Waals surface area contributed by atoms with Crippen molar-refractivity contribution >= 4 is 0 Å². The van der Waals surface area contributed by atoms with Crippen LogP contribution in [0.1, 0.15) is 20.3 Å². The fraction of sp³-hybridized carbons (Fsp3) is 0.727. The zero-order valence-electron chi connectivity index (χ0n) is 8.25. The Hall–Kier alpha value is -0.520. The van der Waals surface area contributed by atoms with Crippen molar-refractivity contribution in [1.29, 1.82) is 0 Å². The van der Waals surface area contributed by atoms with E-state index in [-0.39, 0.29) is 11.8 Å². The maximum atomic E-state index is 5.87. The SMILES string of the molecule is [CH]C(CC)C1COC(C)(C#C)OC1. The van der Waals surface area contributed by atoms with Crippen LogP contribution in [0.2, 0.25) is 0 Å². The van der Waals surface area contributed by atoms with E-state index in [0.29, 0.717) is 13.2 Å². The summed E-state index contributed by atoms with van der Waals surface area (Å²) in [6.07, 6.45) is 6.19. The van der Waals surface area contributed by atoms with E-state index in [1.54, 1.807) is 6.92 Å². The molecule has 1 atom stereocenters. The lowest BCUT2D eigenvalue weighted by Gasteiger charge is -2.36. The highest BCUT2D eigenvalue weighted by Gasteiger charge is 2.32. The van der Waals surface area contributed by atoms with Crippen LogP contribution in [0.3, 0.4) is 0 Å². The molecule has 1 fully saturated rings. The largest absolute Gasteiger partial charge is 0.340 e. The molecule has 0 aromatic heterocycles. The molecule has 2 nitrogen and oxygen atoms in total. The topological polar surface area (TPSA) is 18.5 Å². The van der Waals surface area contributed by atoms with E-state index >= 15 is 0 Å². The first-order valence-electron chi connectivity index (χ1n) is 4.62. The second kappa shape index (κ2) is 4.13. The Labute approximate surface area is 80.6 Å². The molecule has 1 saturated heterocycles. The molecule has 72 valence electrons. The molecule has 13 heavy (non-hydrogen) atoms. The minimum absolute atomic E-state index is 0.141. The summed E-state index contributed by atoms with van der Waals surface area (Å²) in [6, 6.07) is 0. The van der Waals surface area contributed by atoms with E-state index in [1.165, 1.54) is 0 Å². The third-order valence-electron chi connectivity index (χ3n) is 2.48. The van der Waals surface area contributed by atoms with Gasteiger partial charge in [-0.1, -0.05) is 13.3 Å². The number of ether oxygens (including phenoxy) is 2. The lowest BCUT2D eigenvalue weighted by molar-refractivity contribution is -0.242. The quantitative estimate of drug-likeness (QED) is 0.603. The molecule has 0 bridgehead atoms. The fourth-order valence-electron chi connectivity index (χ4n) is 1.29. The lowest BCUT2D eigenvalue weighted by Crippen LogP contribution is -2.42. The number of rotatable bonds is 2. The van der Waals surface area contributed by atoms with Gasteiger partial charge in [0.05, 0.1) is 13.2 Å². The zero-order chi connectivity index (χ0) is 9.90. The van der Waals surface area contributed by atoms with E-state index in [2.05, 4.69) is 12.8 Å².